The number of allylic oxidation sites excluding steroid dienone is 14. The van der Waals surface area contributed by atoms with Crippen LogP contribution in [-0.4, -0.2) is 43.3 Å². The molecule has 49 heavy (non-hydrogen) atoms. The summed E-state index contributed by atoms with van der Waals surface area (Å²) in [5, 5.41) is 0. The molecular formula is C40H65O8P. The van der Waals surface area contributed by atoms with E-state index in [2.05, 4.69) is 91.3 Å². The van der Waals surface area contributed by atoms with Gasteiger partial charge in [0, 0.05) is 20.0 Å². The highest BCUT2D eigenvalue weighted by molar-refractivity contribution is 7.47. The van der Waals surface area contributed by atoms with Crippen molar-refractivity contribution >= 4 is 19.8 Å². The molecule has 0 bridgehead atoms. The molecule has 0 heterocycles. The summed E-state index contributed by atoms with van der Waals surface area (Å²) in [4.78, 5) is 34.3. The zero-order chi connectivity index (χ0) is 36.1. The van der Waals surface area contributed by atoms with Gasteiger partial charge in [0.1, 0.15) is 6.61 Å². The molecule has 0 amide bonds. The van der Waals surface area contributed by atoms with E-state index in [0.717, 1.165) is 77.7 Å². The first-order valence-electron chi connectivity index (χ1n) is 18.3. The lowest BCUT2D eigenvalue weighted by molar-refractivity contribution is -0.161. The van der Waals surface area contributed by atoms with Gasteiger partial charge in [-0.05, 0) is 70.6 Å². The van der Waals surface area contributed by atoms with Gasteiger partial charge >= 0.3 is 19.8 Å². The minimum absolute atomic E-state index is 0.117. The van der Waals surface area contributed by atoms with Crippen LogP contribution in [-0.2, 0) is 32.7 Å². The Morgan fingerprint density at radius 2 is 1.02 bits per heavy atom. The van der Waals surface area contributed by atoms with Crippen LogP contribution in [0.2, 0.25) is 0 Å². The van der Waals surface area contributed by atoms with E-state index in [1.807, 2.05) is 12.2 Å². The SMILES string of the molecule is CC/C=C\C/C=C\C/C=C\C/C=C\CCC(=O)OC(COC(=O)CCCCCCCCC/C=C\C/C=C\C/C=C\CC)COP(=O)(O)OC. The molecule has 0 aliphatic heterocycles. The van der Waals surface area contributed by atoms with E-state index >= 15 is 0 Å². The standard InChI is InChI=1S/C40H65O8P/c1-4-6-8-10-12-14-16-18-19-20-21-23-24-26-28-30-32-34-39(41)46-36-38(37-47-49(43,44)45-3)48-40(42)35-33-31-29-27-25-22-17-15-13-11-9-7-5-2/h6-9,12-15,18-19,22,25,29,31,38H,4-5,10-11,16-17,20-21,23-24,26-28,30,32-37H2,1-3H3,(H,43,44)/b8-6-,9-7-,14-12-,15-13-,19-18-,25-22-,31-29-. The Kier molecular flexibility index (Phi) is 33.1. The van der Waals surface area contributed by atoms with Crippen LogP contribution < -0.4 is 0 Å². The third-order valence-electron chi connectivity index (χ3n) is 7.15. The lowest BCUT2D eigenvalue weighted by Crippen LogP contribution is -2.29. The van der Waals surface area contributed by atoms with E-state index in [9.17, 15) is 19.0 Å². The molecule has 0 radical (unpaired) electrons. The lowest BCUT2D eigenvalue weighted by Gasteiger charge is -2.19. The number of hydrogen-bond acceptors (Lipinski definition) is 7. The van der Waals surface area contributed by atoms with Crippen LogP contribution in [0.5, 0.6) is 0 Å². The predicted molar refractivity (Wildman–Crippen MR) is 202 cm³/mol. The smallest absolute Gasteiger partial charge is 0.462 e. The number of carbonyl (C=O) groups excluding carboxylic acids is 2. The number of unbranched alkanes of at least 4 members (excludes halogenated alkanes) is 7. The fourth-order valence-electron chi connectivity index (χ4n) is 4.39. The second-order valence-corrected chi connectivity index (χ2v) is 13.1. The molecular weight excluding hydrogens is 639 g/mol. The minimum Gasteiger partial charge on any atom is -0.462 e. The maximum atomic E-state index is 12.4. The molecule has 2 atom stereocenters. The van der Waals surface area contributed by atoms with Crippen LogP contribution in [0.3, 0.4) is 0 Å². The summed E-state index contributed by atoms with van der Waals surface area (Å²) in [5.41, 5.74) is 0. The first-order chi connectivity index (χ1) is 23.8. The Balaban J connectivity index is 4.19. The number of hydrogen-bond donors (Lipinski definition) is 1. The van der Waals surface area contributed by atoms with Crippen molar-refractivity contribution in [3.8, 4) is 0 Å². The molecule has 278 valence electrons. The van der Waals surface area contributed by atoms with Crippen molar-refractivity contribution in [1.29, 1.82) is 0 Å². The lowest BCUT2D eigenvalue weighted by atomic mass is 10.1. The van der Waals surface area contributed by atoms with E-state index in [-0.39, 0.29) is 19.4 Å². The van der Waals surface area contributed by atoms with Crippen molar-refractivity contribution in [3.05, 3.63) is 85.1 Å². The Labute approximate surface area is 297 Å². The van der Waals surface area contributed by atoms with Gasteiger partial charge in [0.05, 0.1) is 6.61 Å². The van der Waals surface area contributed by atoms with Gasteiger partial charge < -0.3 is 14.4 Å². The van der Waals surface area contributed by atoms with Crippen LogP contribution in [0.1, 0.15) is 129 Å². The Morgan fingerprint density at radius 1 is 0.571 bits per heavy atom. The molecule has 0 aromatic carbocycles. The third-order valence-corrected chi connectivity index (χ3v) is 8.09. The number of ether oxygens (including phenoxy) is 2. The van der Waals surface area contributed by atoms with Crippen LogP contribution >= 0.6 is 7.82 Å². The average Bonchev–Trinajstić information content (AvgIpc) is 3.09. The highest BCUT2D eigenvalue weighted by atomic mass is 31.2. The second kappa shape index (κ2) is 35.1. The molecule has 1 N–H and O–H groups in total. The molecule has 0 fully saturated rings. The maximum absolute atomic E-state index is 12.4. The molecule has 0 saturated heterocycles. The van der Waals surface area contributed by atoms with Crippen molar-refractivity contribution in [2.75, 3.05) is 20.3 Å². The first-order valence-corrected chi connectivity index (χ1v) is 19.8. The van der Waals surface area contributed by atoms with E-state index in [4.69, 9.17) is 14.0 Å². The summed E-state index contributed by atoms with van der Waals surface area (Å²) in [6.07, 6.45) is 45.1. The van der Waals surface area contributed by atoms with Crippen molar-refractivity contribution in [2.45, 2.75) is 136 Å². The molecule has 0 aliphatic rings. The highest BCUT2D eigenvalue weighted by Gasteiger charge is 2.24. The first kappa shape index (κ1) is 46.2. The summed E-state index contributed by atoms with van der Waals surface area (Å²) in [7, 11) is -3.24. The Bertz CT molecular complexity index is 1070. The van der Waals surface area contributed by atoms with Crippen molar-refractivity contribution < 1.29 is 37.6 Å². The molecule has 0 aliphatic carbocycles. The van der Waals surface area contributed by atoms with E-state index in [0.29, 0.717) is 12.8 Å². The molecule has 0 spiro atoms. The molecule has 2 unspecified atom stereocenters. The number of phosphoric acid groups is 1. The summed E-state index contributed by atoms with van der Waals surface area (Å²) in [6.45, 7) is 3.56. The molecule has 0 rings (SSSR count). The van der Waals surface area contributed by atoms with Crippen LogP contribution in [0.15, 0.2) is 85.1 Å². The molecule has 0 aromatic rings. The fraction of sp³-hybridized carbons (Fsp3) is 0.600. The fourth-order valence-corrected chi connectivity index (χ4v) is 4.85. The second-order valence-electron chi connectivity index (χ2n) is 11.6. The maximum Gasteiger partial charge on any atom is 0.472 e. The molecule has 9 heteroatoms. The summed E-state index contributed by atoms with van der Waals surface area (Å²) < 4.78 is 31.7. The summed E-state index contributed by atoms with van der Waals surface area (Å²) in [5.74, 6) is -0.921. The zero-order valence-corrected chi connectivity index (χ0v) is 31.4. The Hall–Kier alpha value is -2.77. The van der Waals surface area contributed by atoms with Gasteiger partial charge in [-0.15, -0.1) is 0 Å². The third kappa shape index (κ3) is 34.9. The molecule has 0 aromatic heterocycles. The summed E-state index contributed by atoms with van der Waals surface area (Å²) >= 11 is 0. The van der Waals surface area contributed by atoms with E-state index in [1.54, 1.807) is 0 Å². The van der Waals surface area contributed by atoms with Crippen LogP contribution in [0.25, 0.3) is 0 Å². The normalized spacial score (nSPS) is 14.4. The van der Waals surface area contributed by atoms with Gasteiger partial charge in [-0.2, -0.15) is 0 Å². The summed E-state index contributed by atoms with van der Waals surface area (Å²) in [6, 6.07) is 0. The number of carbonyl (C=O) groups is 2. The Morgan fingerprint density at radius 3 is 1.53 bits per heavy atom. The average molecular weight is 705 g/mol. The quantitative estimate of drug-likeness (QED) is 0.0319. The van der Waals surface area contributed by atoms with Crippen molar-refractivity contribution in [3.63, 3.8) is 0 Å². The van der Waals surface area contributed by atoms with Gasteiger partial charge in [0.25, 0.3) is 0 Å². The van der Waals surface area contributed by atoms with Crippen molar-refractivity contribution in [2.24, 2.45) is 0 Å². The monoisotopic (exact) mass is 704 g/mol. The van der Waals surface area contributed by atoms with Gasteiger partial charge in [0.15, 0.2) is 6.10 Å². The number of esters is 2. The van der Waals surface area contributed by atoms with Gasteiger partial charge in [0.2, 0.25) is 0 Å². The van der Waals surface area contributed by atoms with Crippen molar-refractivity contribution in [1.82, 2.24) is 0 Å². The van der Waals surface area contributed by atoms with E-state index < -0.39 is 32.5 Å². The topological polar surface area (TPSA) is 108 Å². The van der Waals surface area contributed by atoms with Crippen LogP contribution in [0.4, 0.5) is 0 Å². The van der Waals surface area contributed by atoms with E-state index in [1.165, 1.54) is 19.3 Å². The largest absolute Gasteiger partial charge is 0.472 e. The van der Waals surface area contributed by atoms with Gasteiger partial charge in [-0.1, -0.05) is 131 Å². The van der Waals surface area contributed by atoms with Crippen LogP contribution in [0, 0.1) is 0 Å². The van der Waals surface area contributed by atoms with Gasteiger partial charge in [-0.25, -0.2) is 4.57 Å². The predicted octanol–water partition coefficient (Wildman–Crippen LogP) is 11.2. The highest BCUT2D eigenvalue weighted by Crippen LogP contribution is 2.42. The minimum atomic E-state index is -4.28. The molecule has 0 saturated carbocycles. The number of rotatable bonds is 32. The molecule has 8 nitrogen and oxygen atoms in total. The number of phosphoric ester groups is 1. The zero-order valence-electron chi connectivity index (χ0n) is 30.6. The van der Waals surface area contributed by atoms with Gasteiger partial charge in [-0.3, -0.25) is 18.6 Å².